The third-order valence-electron chi connectivity index (χ3n) is 1.15. The lowest BCUT2D eigenvalue weighted by atomic mass is 10.2. The fraction of sp³-hybridized carbons (Fsp3) is 0.714. The quantitative estimate of drug-likeness (QED) is 0.495. The highest BCUT2D eigenvalue weighted by Crippen LogP contribution is 2.21. The van der Waals surface area contributed by atoms with E-state index in [1.165, 1.54) is 6.08 Å². The van der Waals surface area contributed by atoms with Crippen LogP contribution in [-0.4, -0.2) is 37.0 Å². The van der Waals surface area contributed by atoms with Crippen molar-refractivity contribution in [2.24, 2.45) is 0 Å². The summed E-state index contributed by atoms with van der Waals surface area (Å²) in [5, 5.41) is 8.10. The third kappa shape index (κ3) is 3.73. The van der Waals surface area contributed by atoms with Crippen molar-refractivity contribution in [3.8, 4) is 0 Å². The Morgan fingerprint density at radius 2 is 2.17 bits per heavy atom. The molecule has 0 aromatic heterocycles. The van der Waals surface area contributed by atoms with Crippen LogP contribution in [0.2, 0.25) is 0 Å². The fourth-order valence-electron chi connectivity index (χ4n) is 0.502. The summed E-state index contributed by atoms with van der Waals surface area (Å²) >= 11 is 0. The topological polar surface area (TPSA) is 29.5 Å². The summed E-state index contributed by atoms with van der Waals surface area (Å²) in [6.07, 6.45) is -1.29. The molecule has 5 heteroatoms. The Bertz CT molecular complexity index is 139. The molecule has 0 saturated carbocycles. The minimum atomic E-state index is -3.63. The predicted molar refractivity (Wildman–Crippen MR) is 37.9 cm³/mol. The molecule has 1 atom stereocenters. The number of halogens is 3. The average molecular weight is 184 g/mol. The van der Waals surface area contributed by atoms with Crippen molar-refractivity contribution in [3.63, 3.8) is 0 Å². The van der Waals surface area contributed by atoms with Gasteiger partial charge in [0.1, 0.15) is 6.61 Å². The van der Waals surface area contributed by atoms with E-state index in [4.69, 9.17) is 5.11 Å². The molecule has 1 unspecified atom stereocenters. The number of aliphatic hydroxyl groups excluding tert-OH is 1. The van der Waals surface area contributed by atoms with Crippen LogP contribution >= 0.6 is 0 Å². The molecule has 0 spiro atoms. The van der Waals surface area contributed by atoms with Crippen LogP contribution in [0.5, 0.6) is 0 Å². The zero-order valence-electron chi connectivity index (χ0n) is 6.47. The van der Waals surface area contributed by atoms with Gasteiger partial charge in [-0.1, -0.05) is 6.08 Å². The normalized spacial score (nSPS) is 14.3. The van der Waals surface area contributed by atoms with E-state index in [2.05, 4.69) is 11.3 Å². The van der Waals surface area contributed by atoms with E-state index < -0.39 is 25.3 Å². The lowest BCUT2D eigenvalue weighted by molar-refractivity contribution is -0.132. The molecule has 0 rings (SSSR count). The van der Waals surface area contributed by atoms with E-state index in [0.717, 1.165) is 0 Å². The average Bonchev–Trinajstić information content (AvgIpc) is 2.03. The SMILES string of the molecule is C=CCOCC(F)(F)C(F)CO. The Morgan fingerprint density at radius 1 is 1.58 bits per heavy atom. The first kappa shape index (κ1) is 11.4. The molecule has 0 amide bonds. The smallest absolute Gasteiger partial charge is 0.303 e. The third-order valence-corrected chi connectivity index (χ3v) is 1.15. The molecule has 0 aromatic rings. The number of hydrogen-bond acceptors (Lipinski definition) is 2. The number of aliphatic hydroxyl groups is 1. The minimum absolute atomic E-state index is 0.0618. The van der Waals surface area contributed by atoms with Gasteiger partial charge in [-0.3, -0.25) is 0 Å². The second kappa shape index (κ2) is 5.16. The molecule has 0 fully saturated rings. The largest absolute Gasteiger partial charge is 0.393 e. The molecule has 0 aliphatic heterocycles. The van der Waals surface area contributed by atoms with Gasteiger partial charge in [-0.15, -0.1) is 6.58 Å². The van der Waals surface area contributed by atoms with E-state index in [9.17, 15) is 13.2 Å². The molecule has 0 heterocycles. The van der Waals surface area contributed by atoms with Crippen LogP contribution in [0.4, 0.5) is 13.2 Å². The van der Waals surface area contributed by atoms with E-state index in [-0.39, 0.29) is 6.61 Å². The molecule has 0 aliphatic rings. The minimum Gasteiger partial charge on any atom is -0.393 e. The Kier molecular flexibility index (Phi) is 4.92. The number of hydrogen-bond donors (Lipinski definition) is 1. The van der Waals surface area contributed by atoms with Crippen molar-refractivity contribution in [3.05, 3.63) is 12.7 Å². The summed E-state index contributed by atoms with van der Waals surface area (Å²) in [4.78, 5) is 0. The van der Waals surface area contributed by atoms with Gasteiger partial charge in [0.25, 0.3) is 0 Å². The molecule has 0 aromatic carbocycles. The van der Waals surface area contributed by atoms with Crippen LogP contribution in [0.25, 0.3) is 0 Å². The Hall–Kier alpha value is -0.550. The van der Waals surface area contributed by atoms with Crippen molar-refractivity contribution in [2.75, 3.05) is 19.8 Å². The van der Waals surface area contributed by atoms with Crippen LogP contribution in [0, 0.1) is 0 Å². The van der Waals surface area contributed by atoms with Gasteiger partial charge < -0.3 is 9.84 Å². The van der Waals surface area contributed by atoms with E-state index in [1.807, 2.05) is 0 Å². The van der Waals surface area contributed by atoms with Gasteiger partial charge in [0.15, 0.2) is 6.17 Å². The van der Waals surface area contributed by atoms with Crippen LogP contribution < -0.4 is 0 Å². The van der Waals surface area contributed by atoms with Crippen molar-refractivity contribution in [1.29, 1.82) is 0 Å². The van der Waals surface area contributed by atoms with Gasteiger partial charge >= 0.3 is 5.92 Å². The molecule has 1 N–H and O–H groups in total. The zero-order valence-corrected chi connectivity index (χ0v) is 6.47. The zero-order chi connectivity index (χ0) is 9.61. The highest BCUT2D eigenvalue weighted by molar-refractivity contribution is 4.76. The molecule has 12 heavy (non-hydrogen) atoms. The van der Waals surface area contributed by atoms with Crippen molar-refractivity contribution in [1.82, 2.24) is 0 Å². The van der Waals surface area contributed by atoms with Gasteiger partial charge in [0, 0.05) is 0 Å². The summed E-state index contributed by atoms with van der Waals surface area (Å²) < 4.78 is 41.5. The highest BCUT2D eigenvalue weighted by Gasteiger charge is 2.39. The molecular weight excluding hydrogens is 173 g/mol. The molecule has 2 nitrogen and oxygen atoms in total. The summed E-state index contributed by atoms with van der Waals surface area (Å²) in [6, 6.07) is 0. The molecule has 0 radical (unpaired) electrons. The summed E-state index contributed by atoms with van der Waals surface area (Å²) in [7, 11) is 0. The Labute approximate surface area is 68.6 Å². The van der Waals surface area contributed by atoms with Crippen LogP contribution in [0.3, 0.4) is 0 Å². The van der Waals surface area contributed by atoms with Crippen LogP contribution in [-0.2, 0) is 4.74 Å². The van der Waals surface area contributed by atoms with Gasteiger partial charge in [-0.05, 0) is 0 Å². The highest BCUT2D eigenvalue weighted by atomic mass is 19.3. The maximum absolute atomic E-state index is 12.4. The molecule has 72 valence electrons. The summed E-state index contributed by atoms with van der Waals surface area (Å²) in [5.41, 5.74) is 0. The van der Waals surface area contributed by atoms with E-state index in [0.29, 0.717) is 0 Å². The van der Waals surface area contributed by atoms with Crippen LogP contribution in [0.15, 0.2) is 12.7 Å². The van der Waals surface area contributed by atoms with Crippen molar-refractivity contribution < 1.29 is 23.0 Å². The second-order valence-corrected chi connectivity index (χ2v) is 2.21. The molecule has 0 saturated heterocycles. The second-order valence-electron chi connectivity index (χ2n) is 2.21. The maximum Gasteiger partial charge on any atom is 0.303 e. The van der Waals surface area contributed by atoms with Crippen molar-refractivity contribution >= 4 is 0 Å². The Balaban J connectivity index is 3.77. The lowest BCUT2D eigenvalue weighted by Gasteiger charge is -2.18. The maximum atomic E-state index is 12.4. The molecule has 0 aliphatic carbocycles. The first-order chi connectivity index (χ1) is 5.54. The first-order valence-electron chi connectivity index (χ1n) is 3.36. The van der Waals surface area contributed by atoms with Crippen LogP contribution in [0.1, 0.15) is 0 Å². The predicted octanol–water partition coefficient (Wildman–Crippen LogP) is 1.15. The van der Waals surface area contributed by atoms with E-state index in [1.54, 1.807) is 0 Å². The number of rotatable bonds is 6. The van der Waals surface area contributed by atoms with Crippen molar-refractivity contribution in [2.45, 2.75) is 12.1 Å². The summed E-state index contributed by atoms with van der Waals surface area (Å²) in [6.45, 7) is 0.926. The monoisotopic (exact) mass is 184 g/mol. The van der Waals surface area contributed by atoms with Gasteiger partial charge in [-0.2, -0.15) is 0 Å². The molecular formula is C7H11F3O2. The van der Waals surface area contributed by atoms with Gasteiger partial charge in [-0.25, -0.2) is 13.2 Å². The van der Waals surface area contributed by atoms with Gasteiger partial charge in [0.05, 0.1) is 13.2 Å². The standard InChI is InChI=1S/C7H11F3O2/c1-2-3-12-5-7(9,10)6(8)4-11/h2,6,11H,1,3-5H2. The Morgan fingerprint density at radius 3 is 2.58 bits per heavy atom. The fourth-order valence-corrected chi connectivity index (χ4v) is 0.502. The van der Waals surface area contributed by atoms with Gasteiger partial charge in [0.2, 0.25) is 0 Å². The molecule has 0 bridgehead atoms. The number of ether oxygens (including phenoxy) is 1. The van der Waals surface area contributed by atoms with E-state index >= 15 is 0 Å². The lowest BCUT2D eigenvalue weighted by Crippen LogP contribution is -2.37. The first-order valence-corrected chi connectivity index (χ1v) is 3.36. The summed E-state index contributed by atoms with van der Waals surface area (Å²) in [5.74, 6) is -3.63. The number of alkyl halides is 3.